The van der Waals surface area contributed by atoms with Crippen LogP contribution in [-0.4, -0.2) is 4.98 Å². The molecular weight excluding hydrogens is 310 g/mol. The van der Waals surface area contributed by atoms with Gasteiger partial charge in [-0.25, -0.2) is 4.98 Å². The minimum atomic E-state index is -0.656. The van der Waals surface area contributed by atoms with E-state index in [-0.39, 0.29) is 27.1 Å². The van der Waals surface area contributed by atoms with E-state index in [0.29, 0.717) is 11.1 Å². The van der Waals surface area contributed by atoms with Crippen molar-refractivity contribution in [2.24, 2.45) is 0 Å². The lowest BCUT2D eigenvalue weighted by molar-refractivity contribution is 0.586. The predicted molar refractivity (Wildman–Crippen MR) is 74.0 cm³/mol. The van der Waals surface area contributed by atoms with E-state index in [1.165, 1.54) is 18.3 Å². The number of nitrogens with zero attached hydrogens (tertiary/aromatic N) is 2. The molecule has 1 aromatic heterocycles. The lowest BCUT2D eigenvalue weighted by Crippen LogP contribution is -1.93. The van der Waals surface area contributed by atoms with Crippen molar-refractivity contribution in [2.45, 2.75) is 6.42 Å². The molecule has 0 bridgehead atoms. The molecule has 0 amide bonds. The lowest BCUT2D eigenvalue weighted by atomic mass is 10.0. The Morgan fingerprint density at radius 1 is 1.16 bits per heavy atom. The fourth-order valence-electron chi connectivity index (χ4n) is 1.59. The van der Waals surface area contributed by atoms with Crippen LogP contribution < -0.4 is 0 Å². The molecule has 0 saturated heterocycles. The summed E-state index contributed by atoms with van der Waals surface area (Å²) < 4.78 is 13.7. The highest BCUT2D eigenvalue weighted by Gasteiger charge is 2.12. The summed E-state index contributed by atoms with van der Waals surface area (Å²) in [6.45, 7) is 0. The summed E-state index contributed by atoms with van der Waals surface area (Å²) in [6.07, 6.45) is 1.47. The predicted octanol–water partition coefficient (Wildman–Crippen LogP) is 4.91. The van der Waals surface area contributed by atoms with Crippen molar-refractivity contribution in [1.29, 1.82) is 5.26 Å². The molecule has 0 radical (unpaired) electrons. The van der Waals surface area contributed by atoms with E-state index in [9.17, 15) is 4.39 Å². The van der Waals surface area contributed by atoms with Gasteiger partial charge in [0, 0.05) is 11.8 Å². The third kappa shape index (κ3) is 2.98. The molecule has 0 atom stereocenters. The molecule has 2 aromatic rings. The van der Waals surface area contributed by atoms with Crippen LogP contribution in [0.25, 0.3) is 11.1 Å². The van der Waals surface area contributed by atoms with E-state index in [1.54, 1.807) is 6.07 Å². The SMILES string of the molecule is N#CCc1cnc(F)c(-c2cc(Cl)c(Cl)c(Cl)c2)c1. The second kappa shape index (κ2) is 5.75. The molecule has 2 nitrogen and oxygen atoms in total. The normalized spacial score (nSPS) is 10.3. The highest BCUT2D eigenvalue weighted by atomic mass is 35.5. The van der Waals surface area contributed by atoms with E-state index in [0.717, 1.165) is 0 Å². The average Bonchev–Trinajstić information content (AvgIpc) is 2.38. The third-order valence-electron chi connectivity index (χ3n) is 2.47. The second-order valence-corrected chi connectivity index (χ2v) is 4.96. The number of rotatable bonds is 2. The van der Waals surface area contributed by atoms with Gasteiger partial charge in [-0.15, -0.1) is 0 Å². The molecular formula is C13H6Cl3FN2. The Labute approximate surface area is 124 Å². The van der Waals surface area contributed by atoms with Gasteiger partial charge in [0.15, 0.2) is 0 Å². The topological polar surface area (TPSA) is 36.7 Å². The van der Waals surface area contributed by atoms with Crippen molar-refractivity contribution in [1.82, 2.24) is 4.98 Å². The standard InChI is InChI=1S/C13H6Cl3FN2/c14-10-4-8(5-11(15)12(10)16)9-3-7(1-2-18)6-19-13(9)17/h3-6H,1H2. The maximum absolute atomic E-state index is 13.7. The van der Waals surface area contributed by atoms with Crippen molar-refractivity contribution in [2.75, 3.05) is 0 Å². The second-order valence-electron chi connectivity index (χ2n) is 3.77. The van der Waals surface area contributed by atoms with Gasteiger partial charge in [0.25, 0.3) is 0 Å². The number of hydrogen-bond acceptors (Lipinski definition) is 2. The molecule has 0 fully saturated rings. The summed E-state index contributed by atoms with van der Waals surface area (Å²) in [7, 11) is 0. The van der Waals surface area contributed by atoms with Crippen LogP contribution in [0.2, 0.25) is 15.1 Å². The van der Waals surface area contributed by atoms with E-state index >= 15 is 0 Å². The molecule has 0 N–H and O–H groups in total. The van der Waals surface area contributed by atoms with Gasteiger partial charge in [-0.05, 0) is 29.3 Å². The Bertz CT molecular complexity index is 657. The number of halogens is 4. The largest absolute Gasteiger partial charge is 0.227 e. The van der Waals surface area contributed by atoms with Crippen LogP contribution in [0.5, 0.6) is 0 Å². The minimum absolute atomic E-state index is 0.148. The van der Waals surface area contributed by atoms with Crippen molar-refractivity contribution in [3.8, 4) is 17.2 Å². The Kier molecular flexibility index (Phi) is 4.26. The fourth-order valence-corrected chi connectivity index (χ4v) is 2.19. The Balaban J connectivity index is 2.58. The van der Waals surface area contributed by atoms with Crippen LogP contribution in [0, 0.1) is 17.3 Å². The number of pyridine rings is 1. The molecule has 0 unspecified atom stereocenters. The van der Waals surface area contributed by atoms with Crippen LogP contribution in [0.4, 0.5) is 4.39 Å². The molecule has 6 heteroatoms. The zero-order valence-electron chi connectivity index (χ0n) is 9.42. The van der Waals surface area contributed by atoms with Crippen molar-refractivity contribution >= 4 is 34.8 Å². The molecule has 1 heterocycles. The van der Waals surface area contributed by atoms with Crippen molar-refractivity contribution in [3.63, 3.8) is 0 Å². The molecule has 19 heavy (non-hydrogen) atoms. The van der Waals surface area contributed by atoms with Gasteiger partial charge in [-0.2, -0.15) is 9.65 Å². The first-order valence-corrected chi connectivity index (χ1v) is 6.32. The maximum Gasteiger partial charge on any atom is 0.220 e. The third-order valence-corrected chi connectivity index (χ3v) is 3.67. The van der Waals surface area contributed by atoms with Crippen LogP contribution in [0.1, 0.15) is 5.56 Å². The molecule has 0 aliphatic heterocycles. The quantitative estimate of drug-likeness (QED) is 0.583. The maximum atomic E-state index is 13.7. The first-order chi connectivity index (χ1) is 9.02. The zero-order chi connectivity index (χ0) is 14.0. The van der Waals surface area contributed by atoms with Crippen LogP contribution in [-0.2, 0) is 6.42 Å². The average molecular weight is 316 g/mol. The summed E-state index contributed by atoms with van der Waals surface area (Å²) in [4.78, 5) is 3.62. The first kappa shape index (κ1) is 14.1. The zero-order valence-corrected chi connectivity index (χ0v) is 11.7. The molecule has 1 aromatic carbocycles. The van der Waals surface area contributed by atoms with E-state index in [2.05, 4.69) is 4.98 Å². The summed E-state index contributed by atoms with van der Waals surface area (Å²) >= 11 is 17.7. The summed E-state index contributed by atoms with van der Waals surface area (Å²) in [5.74, 6) is -0.656. The minimum Gasteiger partial charge on any atom is -0.227 e. The summed E-state index contributed by atoms with van der Waals surface area (Å²) in [6, 6.07) is 6.53. The van der Waals surface area contributed by atoms with Gasteiger partial charge in [-0.3, -0.25) is 0 Å². The van der Waals surface area contributed by atoms with Crippen LogP contribution in [0.3, 0.4) is 0 Å². The molecule has 2 rings (SSSR count). The van der Waals surface area contributed by atoms with Gasteiger partial charge in [-0.1, -0.05) is 34.8 Å². The monoisotopic (exact) mass is 314 g/mol. The number of hydrogen-bond donors (Lipinski definition) is 0. The molecule has 0 saturated carbocycles. The molecule has 96 valence electrons. The van der Waals surface area contributed by atoms with Crippen LogP contribution >= 0.6 is 34.8 Å². The lowest BCUT2D eigenvalue weighted by Gasteiger charge is -2.07. The van der Waals surface area contributed by atoms with Gasteiger partial charge in [0.05, 0.1) is 27.6 Å². The van der Waals surface area contributed by atoms with Gasteiger partial charge >= 0.3 is 0 Å². The van der Waals surface area contributed by atoms with Gasteiger partial charge < -0.3 is 0 Å². The first-order valence-electron chi connectivity index (χ1n) is 5.19. The number of benzene rings is 1. The number of aromatic nitrogens is 1. The van der Waals surface area contributed by atoms with Crippen molar-refractivity contribution < 1.29 is 4.39 Å². The highest BCUT2D eigenvalue weighted by molar-refractivity contribution is 6.48. The van der Waals surface area contributed by atoms with Crippen LogP contribution in [0.15, 0.2) is 24.4 Å². The Morgan fingerprint density at radius 2 is 1.79 bits per heavy atom. The molecule has 0 aliphatic carbocycles. The van der Waals surface area contributed by atoms with Crippen molar-refractivity contribution in [3.05, 3.63) is 51.0 Å². The van der Waals surface area contributed by atoms with E-state index in [1.807, 2.05) is 6.07 Å². The number of nitriles is 1. The fraction of sp³-hybridized carbons (Fsp3) is 0.0769. The highest BCUT2D eigenvalue weighted by Crippen LogP contribution is 2.35. The summed E-state index contributed by atoms with van der Waals surface area (Å²) in [5, 5.41) is 9.32. The summed E-state index contributed by atoms with van der Waals surface area (Å²) in [5.41, 5.74) is 1.30. The van der Waals surface area contributed by atoms with E-state index in [4.69, 9.17) is 40.1 Å². The Morgan fingerprint density at radius 3 is 2.37 bits per heavy atom. The smallest absolute Gasteiger partial charge is 0.220 e. The molecule has 0 aliphatic rings. The Hall–Kier alpha value is -1.34. The van der Waals surface area contributed by atoms with Gasteiger partial charge in [0.2, 0.25) is 5.95 Å². The van der Waals surface area contributed by atoms with Gasteiger partial charge in [0.1, 0.15) is 0 Å². The van der Waals surface area contributed by atoms with E-state index < -0.39 is 5.95 Å². The molecule has 0 spiro atoms.